The van der Waals surface area contributed by atoms with E-state index in [1.165, 1.54) is 12.1 Å². The number of aryl methyl sites for hydroxylation is 1. The molecule has 144 valence electrons. The Bertz CT molecular complexity index is 1390. The maximum absolute atomic E-state index is 11.4. The number of allylic oxidation sites excluding steroid dienone is 1. The summed E-state index contributed by atoms with van der Waals surface area (Å²) in [6.45, 7) is 2.00. The lowest BCUT2D eigenvalue weighted by Gasteiger charge is -2.08. The number of benzene rings is 2. The molecule has 3 N–H and O–H groups in total. The van der Waals surface area contributed by atoms with Crippen LogP contribution < -0.4 is 5.14 Å². The molecule has 0 unspecified atom stereocenters. The summed E-state index contributed by atoms with van der Waals surface area (Å²) in [5.74, 6) is 0.491. The fourth-order valence-electron chi connectivity index (χ4n) is 3.10. The van der Waals surface area contributed by atoms with Crippen molar-refractivity contribution in [3.63, 3.8) is 0 Å². The number of rotatable bonds is 4. The highest BCUT2D eigenvalue weighted by atomic mass is 32.2. The molecule has 0 aliphatic heterocycles. The number of nitrogens with zero attached hydrogens (tertiary/aromatic N) is 3. The predicted molar refractivity (Wildman–Crippen MR) is 111 cm³/mol. The second-order valence-corrected chi connectivity index (χ2v) is 8.18. The molecule has 0 aliphatic carbocycles. The number of sulfonamides is 1. The summed E-state index contributed by atoms with van der Waals surface area (Å²) in [5.41, 5.74) is 4.65. The molecule has 0 saturated carbocycles. The molecule has 8 heteroatoms. The SMILES string of the molecule is Cc1ccc2nc(C(C#N)=Cc3cccn3-c3ccc(S(N)(=O)=O)cc3)[nH]c2c1. The Morgan fingerprint density at radius 3 is 2.66 bits per heavy atom. The van der Waals surface area contributed by atoms with Crippen molar-refractivity contribution in [3.05, 3.63) is 77.9 Å². The number of nitriles is 1. The number of nitrogens with two attached hydrogens (primary N) is 1. The van der Waals surface area contributed by atoms with Gasteiger partial charge in [-0.25, -0.2) is 18.5 Å². The lowest BCUT2D eigenvalue weighted by atomic mass is 10.2. The van der Waals surface area contributed by atoms with E-state index in [4.69, 9.17) is 5.14 Å². The number of primary sulfonamides is 1. The first kappa shape index (κ1) is 18.7. The molecule has 2 aromatic heterocycles. The highest BCUT2D eigenvalue weighted by Crippen LogP contribution is 2.22. The van der Waals surface area contributed by atoms with Crippen LogP contribution >= 0.6 is 0 Å². The molecule has 0 radical (unpaired) electrons. The van der Waals surface area contributed by atoms with Crippen LogP contribution in [-0.4, -0.2) is 23.0 Å². The van der Waals surface area contributed by atoms with E-state index in [-0.39, 0.29) is 4.90 Å². The van der Waals surface area contributed by atoms with Crippen molar-refractivity contribution >= 4 is 32.7 Å². The molecule has 2 aromatic carbocycles. The van der Waals surface area contributed by atoms with Crippen molar-refractivity contribution < 1.29 is 8.42 Å². The largest absolute Gasteiger partial charge is 0.337 e. The molecule has 2 heterocycles. The average Bonchev–Trinajstić information content (AvgIpc) is 3.31. The van der Waals surface area contributed by atoms with E-state index in [1.54, 1.807) is 18.2 Å². The quantitative estimate of drug-likeness (QED) is 0.508. The summed E-state index contributed by atoms with van der Waals surface area (Å²) in [5, 5.41) is 14.8. The van der Waals surface area contributed by atoms with Gasteiger partial charge in [0.2, 0.25) is 10.0 Å². The zero-order valence-corrected chi connectivity index (χ0v) is 16.3. The number of nitrogens with one attached hydrogen (secondary N) is 1. The summed E-state index contributed by atoms with van der Waals surface area (Å²) in [4.78, 5) is 7.74. The highest BCUT2D eigenvalue weighted by Gasteiger charge is 2.11. The number of H-pyrrole nitrogens is 1. The minimum atomic E-state index is -3.75. The molecule has 29 heavy (non-hydrogen) atoms. The van der Waals surface area contributed by atoms with Gasteiger partial charge in [-0.1, -0.05) is 6.07 Å². The van der Waals surface area contributed by atoms with Gasteiger partial charge in [-0.2, -0.15) is 5.26 Å². The Kier molecular flexibility index (Phi) is 4.54. The maximum atomic E-state index is 11.4. The molecule has 0 bridgehead atoms. The van der Waals surface area contributed by atoms with E-state index >= 15 is 0 Å². The Labute approximate surface area is 167 Å². The number of hydrogen-bond donors (Lipinski definition) is 2. The molecule has 0 atom stereocenters. The maximum Gasteiger partial charge on any atom is 0.238 e. The first-order chi connectivity index (χ1) is 13.8. The Balaban J connectivity index is 1.74. The molecule has 0 saturated heterocycles. The van der Waals surface area contributed by atoms with Crippen LogP contribution in [0.15, 0.2) is 65.7 Å². The number of fused-ring (bicyclic) bond motifs is 1. The van der Waals surface area contributed by atoms with Gasteiger partial charge in [0, 0.05) is 17.6 Å². The lowest BCUT2D eigenvalue weighted by molar-refractivity contribution is 0.598. The third-order valence-electron chi connectivity index (χ3n) is 4.53. The predicted octanol–water partition coefficient (Wildman–Crippen LogP) is 3.37. The van der Waals surface area contributed by atoms with Gasteiger partial charge in [-0.3, -0.25) is 0 Å². The molecule has 0 amide bonds. The molecule has 0 fully saturated rings. The van der Waals surface area contributed by atoms with Crippen LogP contribution in [0.2, 0.25) is 0 Å². The second kappa shape index (κ2) is 7.05. The Hall–Kier alpha value is -3.67. The van der Waals surface area contributed by atoms with Crippen LogP contribution in [0.1, 0.15) is 17.1 Å². The van der Waals surface area contributed by atoms with E-state index in [2.05, 4.69) is 16.0 Å². The zero-order chi connectivity index (χ0) is 20.6. The van der Waals surface area contributed by atoms with Crippen molar-refractivity contribution in [2.24, 2.45) is 5.14 Å². The average molecular weight is 403 g/mol. The Morgan fingerprint density at radius 1 is 1.21 bits per heavy atom. The topological polar surface area (TPSA) is 118 Å². The van der Waals surface area contributed by atoms with Crippen LogP contribution in [0, 0.1) is 18.3 Å². The van der Waals surface area contributed by atoms with Gasteiger partial charge in [-0.15, -0.1) is 0 Å². The highest BCUT2D eigenvalue weighted by molar-refractivity contribution is 7.89. The van der Waals surface area contributed by atoms with Crippen molar-refractivity contribution in [1.82, 2.24) is 14.5 Å². The fourth-order valence-corrected chi connectivity index (χ4v) is 3.61. The van der Waals surface area contributed by atoms with Crippen molar-refractivity contribution in [1.29, 1.82) is 5.26 Å². The number of hydrogen-bond acceptors (Lipinski definition) is 4. The Morgan fingerprint density at radius 2 is 1.97 bits per heavy atom. The lowest BCUT2D eigenvalue weighted by Crippen LogP contribution is -2.12. The first-order valence-corrected chi connectivity index (χ1v) is 10.3. The van der Waals surface area contributed by atoms with E-state index in [9.17, 15) is 13.7 Å². The number of aromatic nitrogens is 3. The van der Waals surface area contributed by atoms with Gasteiger partial charge >= 0.3 is 0 Å². The molecular formula is C21H17N5O2S. The zero-order valence-electron chi connectivity index (χ0n) is 15.5. The van der Waals surface area contributed by atoms with Crippen LogP contribution in [0.25, 0.3) is 28.4 Å². The second-order valence-electron chi connectivity index (χ2n) is 6.62. The van der Waals surface area contributed by atoms with E-state index in [0.29, 0.717) is 11.4 Å². The molecule has 4 rings (SSSR count). The van der Waals surface area contributed by atoms with Crippen LogP contribution in [0.4, 0.5) is 0 Å². The summed E-state index contributed by atoms with van der Waals surface area (Å²) in [6, 6.07) is 18.0. The summed E-state index contributed by atoms with van der Waals surface area (Å²) in [7, 11) is -3.75. The van der Waals surface area contributed by atoms with Crippen molar-refractivity contribution in [2.75, 3.05) is 0 Å². The molecule has 4 aromatic rings. The third-order valence-corrected chi connectivity index (χ3v) is 5.46. The molecular weight excluding hydrogens is 386 g/mol. The number of imidazole rings is 1. The van der Waals surface area contributed by atoms with E-state index in [0.717, 1.165) is 28.0 Å². The van der Waals surface area contributed by atoms with Gasteiger partial charge in [0.1, 0.15) is 11.9 Å². The fraction of sp³-hybridized carbons (Fsp3) is 0.0476. The van der Waals surface area contributed by atoms with E-state index < -0.39 is 10.0 Å². The van der Waals surface area contributed by atoms with Gasteiger partial charge in [0.15, 0.2) is 0 Å². The monoisotopic (exact) mass is 403 g/mol. The summed E-state index contributed by atoms with van der Waals surface area (Å²) in [6.07, 6.45) is 3.56. The first-order valence-electron chi connectivity index (χ1n) is 8.74. The summed E-state index contributed by atoms with van der Waals surface area (Å²) >= 11 is 0. The minimum absolute atomic E-state index is 0.0424. The molecule has 7 nitrogen and oxygen atoms in total. The smallest absolute Gasteiger partial charge is 0.238 e. The molecule has 0 aliphatic rings. The van der Waals surface area contributed by atoms with Gasteiger partial charge in [0.25, 0.3) is 0 Å². The normalized spacial score (nSPS) is 12.2. The molecule has 0 spiro atoms. The van der Waals surface area contributed by atoms with Crippen molar-refractivity contribution in [2.45, 2.75) is 11.8 Å². The van der Waals surface area contributed by atoms with Gasteiger partial charge in [-0.05, 0) is 67.1 Å². The standard InChI is InChI=1S/C21H17N5O2S/c1-14-4-9-19-20(11-14)25-21(24-19)15(13-22)12-17-3-2-10-26(17)16-5-7-18(8-6-16)29(23,27)28/h2-12H,1H3,(H,24,25)(H2,23,27,28). The number of aromatic amines is 1. The minimum Gasteiger partial charge on any atom is -0.337 e. The van der Waals surface area contributed by atoms with Gasteiger partial charge in [0.05, 0.1) is 21.5 Å². The van der Waals surface area contributed by atoms with Crippen LogP contribution in [0.3, 0.4) is 0 Å². The van der Waals surface area contributed by atoms with E-state index in [1.807, 2.05) is 48.0 Å². The third kappa shape index (κ3) is 3.69. The van der Waals surface area contributed by atoms with Crippen LogP contribution in [0.5, 0.6) is 0 Å². The van der Waals surface area contributed by atoms with Gasteiger partial charge < -0.3 is 9.55 Å². The van der Waals surface area contributed by atoms with Crippen molar-refractivity contribution in [3.8, 4) is 11.8 Å². The summed E-state index contributed by atoms with van der Waals surface area (Å²) < 4.78 is 24.7. The van der Waals surface area contributed by atoms with Crippen LogP contribution in [-0.2, 0) is 10.0 Å².